The van der Waals surface area contributed by atoms with Crippen LogP contribution in [0.1, 0.15) is 6.42 Å². The predicted octanol–water partition coefficient (Wildman–Crippen LogP) is 3.24. The first kappa shape index (κ1) is 22.8. The monoisotopic (exact) mass is 463 g/mol. The van der Waals surface area contributed by atoms with Crippen LogP contribution in [0.5, 0.6) is 5.75 Å². The molecule has 2 aromatic rings. The number of hydroxylamine groups is 1. The largest absolute Gasteiger partial charge is 0.573 e. The van der Waals surface area contributed by atoms with Crippen LogP contribution in [0.15, 0.2) is 53.4 Å². The highest BCUT2D eigenvalue weighted by Crippen LogP contribution is 2.26. The van der Waals surface area contributed by atoms with Crippen LogP contribution in [0, 0.1) is 5.82 Å². The molecule has 31 heavy (non-hydrogen) atoms. The Bertz CT molecular complexity index is 1010. The van der Waals surface area contributed by atoms with Gasteiger partial charge in [-0.3, -0.25) is 4.84 Å². The first-order valence-electron chi connectivity index (χ1n) is 8.87. The number of hydrogen-bond acceptors (Lipinski definition) is 5. The van der Waals surface area contributed by atoms with Gasteiger partial charge in [0.05, 0.1) is 4.90 Å². The van der Waals surface area contributed by atoms with E-state index in [0.717, 1.165) is 40.7 Å². The number of anilines is 1. The summed E-state index contributed by atoms with van der Waals surface area (Å²) >= 11 is 0. The smallest absolute Gasteiger partial charge is 0.406 e. The predicted molar refractivity (Wildman–Crippen MR) is 99.9 cm³/mol. The minimum absolute atomic E-state index is 0.0695. The van der Waals surface area contributed by atoms with E-state index in [0.29, 0.717) is 5.69 Å². The normalized spacial score (nSPS) is 17.4. The Hall–Kier alpha value is -2.90. The number of amides is 2. The molecule has 1 aliphatic rings. The van der Waals surface area contributed by atoms with E-state index in [9.17, 15) is 30.8 Å². The zero-order chi connectivity index (χ0) is 22.6. The number of alkyl halides is 3. The average Bonchev–Trinajstić information content (AvgIpc) is 3.17. The second-order valence-electron chi connectivity index (χ2n) is 6.47. The lowest BCUT2D eigenvalue weighted by atomic mass is 10.3. The second-order valence-corrected chi connectivity index (χ2v) is 8.41. The molecule has 2 amide bonds. The third kappa shape index (κ3) is 6.29. The molecule has 0 saturated carbocycles. The van der Waals surface area contributed by atoms with E-state index in [4.69, 9.17) is 4.84 Å². The molecule has 3 rings (SSSR count). The Morgan fingerprint density at radius 3 is 2.32 bits per heavy atom. The molecule has 0 radical (unpaired) electrons. The quantitative estimate of drug-likeness (QED) is 0.507. The molecule has 1 saturated heterocycles. The summed E-state index contributed by atoms with van der Waals surface area (Å²) in [7, 11) is -3.97. The van der Waals surface area contributed by atoms with Crippen LogP contribution in [0.4, 0.5) is 28.0 Å². The van der Waals surface area contributed by atoms with Crippen LogP contribution in [-0.4, -0.2) is 44.3 Å². The molecule has 13 heteroatoms. The SMILES string of the molecule is O=C(NO[C@H]1CCN(S(=O)(=O)c2ccc(OC(F)(F)F)cc2)C1)Nc1ccc(F)cc1. The van der Waals surface area contributed by atoms with Crippen molar-refractivity contribution in [2.75, 3.05) is 18.4 Å². The van der Waals surface area contributed by atoms with Crippen molar-refractivity contribution in [2.24, 2.45) is 0 Å². The maximum atomic E-state index is 12.9. The van der Waals surface area contributed by atoms with Crippen molar-refractivity contribution in [1.29, 1.82) is 0 Å². The molecule has 2 N–H and O–H groups in total. The summed E-state index contributed by atoms with van der Waals surface area (Å²) in [5, 5.41) is 2.42. The van der Waals surface area contributed by atoms with Gasteiger partial charge in [-0.05, 0) is 55.0 Å². The molecule has 1 aliphatic heterocycles. The number of nitrogens with one attached hydrogen (secondary N) is 2. The van der Waals surface area contributed by atoms with Gasteiger partial charge < -0.3 is 10.1 Å². The minimum Gasteiger partial charge on any atom is -0.406 e. The highest BCUT2D eigenvalue weighted by atomic mass is 32.2. The highest BCUT2D eigenvalue weighted by Gasteiger charge is 2.34. The third-order valence-corrected chi connectivity index (χ3v) is 6.10. The highest BCUT2D eigenvalue weighted by molar-refractivity contribution is 7.89. The van der Waals surface area contributed by atoms with Gasteiger partial charge in [0.15, 0.2) is 0 Å². The van der Waals surface area contributed by atoms with Crippen LogP contribution in [0.3, 0.4) is 0 Å². The van der Waals surface area contributed by atoms with Crippen LogP contribution in [0.25, 0.3) is 0 Å². The molecule has 0 spiro atoms. The standard InChI is InChI=1S/C18H17F4N3O5S/c19-12-1-3-13(4-2-12)23-17(26)24-30-15-9-10-25(11-15)31(27,28)16-7-5-14(6-8-16)29-18(20,21)22/h1-8,15H,9-11H2,(H2,23,24,26)/t15-/m0/s1. The third-order valence-electron chi connectivity index (χ3n) is 4.22. The van der Waals surface area contributed by atoms with E-state index in [-0.39, 0.29) is 24.4 Å². The number of ether oxygens (including phenoxy) is 1. The van der Waals surface area contributed by atoms with Crippen LogP contribution < -0.4 is 15.5 Å². The summed E-state index contributed by atoms with van der Waals surface area (Å²) in [6.07, 6.45) is -5.23. The van der Waals surface area contributed by atoms with Crippen molar-refractivity contribution in [1.82, 2.24) is 9.79 Å². The van der Waals surface area contributed by atoms with Crippen molar-refractivity contribution in [3.05, 3.63) is 54.3 Å². The molecule has 1 fully saturated rings. The van der Waals surface area contributed by atoms with Crippen LogP contribution >= 0.6 is 0 Å². The van der Waals surface area contributed by atoms with Gasteiger partial charge in [-0.2, -0.15) is 4.31 Å². The Morgan fingerprint density at radius 1 is 1.06 bits per heavy atom. The molecule has 8 nitrogen and oxygen atoms in total. The van der Waals surface area contributed by atoms with Gasteiger partial charge >= 0.3 is 12.4 Å². The number of sulfonamides is 1. The Morgan fingerprint density at radius 2 is 1.71 bits per heavy atom. The maximum Gasteiger partial charge on any atom is 0.573 e. The Labute approximate surface area is 174 Å². The molecule has 0 bridgehead atoms. The number of benzene rings is 2. The summed E-state index contributed by atoms with van der Waals surface area (Å²) in [5.41, 5.74) is 2.47. The summed E-state index contributed by atoms with van der Waals surface area (Å²) in [6, 6.07) is 8.15. The number of urea groups is 1. The van der Waals surface area contributed by atoms with Gasteiger partial charge in [-0.15, -0.1) is 13.2 Å². The van der Waals surface area contributed by atoms with Gasteiger partial charge in [0.1, 0.15) is 17.7 Å². The van der Waals surface area contributed by atoms with E-state index < -0.39 is 40.1 Å². The maximum absolute atomic E-state index is 12.9. The first-order chi connectivity index (χ1) is 14.5. The fraction of sp³-hybridized carbons (Fsp3) is 0.278. The van der Waals surface area contributed by atoms with Gasteiger partial charge in [0, 0.05) is 18.8 Å². The molecule has 168 valence electrons. The number of carbonyl (C=O) groups excluding carboxylic acids is 1. The molecule has 2 aromatic carbocycles. The van der Waals surface area contributed by atoms with Gasteiger partial charge in [0.2, 0.25) is 10.0 Å². The Balaban J connectivity index is 1.52. The molecule has 0 aliphatic carbocycles. The van der Waals surface area contributed by atoms with Crippen molar-refractivity contribution in [2.45, 2.75) is 23.8 Å². The number of hydrogen-bond donors (Lipinski definition) is 2. The number of carbonyl (C=O) groups is 1. The topological polar surface area (TPSA) is 97.0 Å². The van der Waals surface area contributed by atoms with Crippen molar-refractivity contribution in [3.63, 3.8) is 0 Å². The van der Waals surface area contributed by atoms with Gasteiger partial charge in [0.25, 0.3) is 0 Å². The van der Waals surface area contributed by atoms with Crippen molar-refractivity contribution in [3.8, 4) is 5.75 Å². The van der Waals surface area contributed by atoms with Gasteiger partial charge in [-0.25, -0.2) is 23.1 Å². The van der Waals surface area contributed by atoms with Gasteiger partial charge in [-0.1, -0.05) is 0 Å². The lowest BCUT2D eigenvalue weighted by Gasteiger charge is -2.17. The number of halogens is 4. The van der Waals surface area contributed by atoms with E-state index in [2.05, 4.69) is 15.5 Å². The number of rotatable bonds is 6. The summed E-state index contributed by atoms with van der Waals surface area (Å²) < 4.78 is 79.7. The van der Waals surface area contributed by atoms with E-state index in [1.807, 2.05) is 0 Å². The average molecular weight is 463 g/mol. The van der Waals surface area contributed by atoms with Crippen molar-refractivity contribution < 1.29 is 40.3 Å². The fourth-order valence-electron chi connectivity index (χ4n) is 2.80. The summed E-state index contributed by atoms with van der Waals surface area (Å²) in [6.45, 7) is 0.0228. The molecule has 1 heterocycles. The van der Waals surface area contributed by atoms with Crippen molar-refractivity contribution >= 4 is 21.7 Å². The zero-order valence-corrected chi connectivity index (χ0v) is 16.5. The minimum atomic E-state index is -4.88. The fourth-order valence-corrected chi connectivity index (χ4v) is 4.29. The molecule has 0 aromatic heterocycles. The Kier molecular flexibility index (Phi) is 6.67. The molecule has 1 atom stereocenters. The first-order valence-corrected chi connectivity index (χ1v) is 10.3. The van der Waals surface area contributed by atoms with Crippen LogP contribution in [0.2, 0.25) is 0 Å². The zero-order valence-electron chi connectivity index (χ0n) is 15.7. The number of nitrogens with zero attached hydrogens (tertiary/aromatic N) is 1. The van der Waals surface area contributed by atoms with E-state index in [1.165, 1.54) is 12.1 Å². The lowest BCUT2D eigenvalue weighted by molar-refractivity contribution is -0.274. The summed E-state index contributed by atoms with van der Waals surface area (Å²) in [5.74, 6) is -0.998. The van der Waals surface area contributed by atoms with Crippen LogP contribution in [-0.2, 0) is 14.9 Å². The van der Waals surface area contributed by atoms with E-state index >= 15 is 0 Å². The lowest BCUT2D eigenvalue weighted by Crippen LogP contribution is -2.35. The molecular formula is C18H17F4N3O5S. The molecular weight excluding hydrogens is 446 g/mol. The van der Waals surface area contributed by atoms with E-state index in [1.54, 1.807) is 0 Å². The molecule has 0 unspecified atom stereocenters. The summed E-state index contributed by atoms with van der Waals surface area (Å²) in [4.78, 5) is 16.8. The second kappa shape index (κ2) is 9.08.